The highest BCUT2D eigenvalue weighted by Crippen LogP contribution is 2.19. The second-order valence-electron chi connectivity index (χ2n) is 4.52. The molecule has 1 atom stereocenters. The lowest BCUT2D eigenvalue weighted by Crippen LogP contribution is -2.27. The van der Waals surface area contributed by atoms with Gasteiger partial charge in [-0.15, -0.1) is 11.3 Å². The SMILES string of the molecule is CCC(=O)c1cccc(S(=O)(=O)NC(C)c2nccs2)c1. The molecule has 0 fully saturated rings. The van der Waals surface area contributed by atoms with Gasteiger partial charge in [0.15, 0.2) is 5.78 Å². The topological polar surface area (TPSA) is 76.1 Å². The Hall–Kier alpha value is -1.57. The number of carbonyl (C=O) groups is 1. The van der Waals surface area contributed by atoms with Crippen LogP contribution in [0.2, 0.25) is 0 Å². The first-order valence-corrected chi connectivity index (χ1v) is 8.85. The number of sulfonamides is 1. The maximum Gasteiger partial charge on any atom is 0.241 e. The fraction of sp³-hybridized carbons (Fsp3) is 0.286. The van der Waals surface area contributed by atoms with Gasteiger partial charge in [0.1, 0.15) is 5.01 Å². The molecule has 0 amide bonds. The molecular weight excluding hydrogens is 308 g/mol. The molecule has 0 saturated heterocycles. The van der Waals surface area contributed by atoms with Crippen molar-refractivity contribution in [3.05, 3.63) is 46.4 Å². The van der Waals surface area contributed by atoms with Gasteiger partial charge in [-0.25, -0.2) is 18.1 Å². The summed E-state index contributed by atoms with van der Waals surface area (Å²) < 4.78 is 27.3. The molecule has 0 saturated carbocycles. The minimum Gasteiger partial charge on any atom is -0.294 e. The molecule has 1 N–H and O–H groups in total. The monoisotopic (exact) mass is 324 g/mol. The van der Waals surface area contributed by atoms with E-state index in [0.717, 1.165) is 0 Å². The summed E-state index contributed by atoms with van der Waals surface area (Å²) in [7, 11) is -3.69. The predicted molar refractivity (Wildman–Crippen MR) is 81.9 cm³/mol. The summed E-state index contributed by atoms with van der Waals surface area (Å²) in [5, 5.41) is 2.49. The zero-order chi connectivity index (χ0) is 15.5. The van der Waals surface area contributed by atoms with E-state index in [1.807, 2.05) is 0 Å². The van der Waals surface area contributed by atoms with Crippen LogP contribution >= 0.6 is 11.3 Å². The van der Waals surface area contributed by atoms with Crippen molar-refractivity contribution in [1.29, 1.82) is 0 Å². The fourth-order valence-electron chi connectivity index (χ4n) is 1.84. The van der Waals surface area contributed by atoms with E-state index >= 15 is 0 Å². The number of hydrogen-bond donors (Lipinski definition) is 1. The van der Waals surface area contributed by atoms with Crippen LogP contribution in [0.25, 0.3) is 0 Å². The first-order valence-electron chi connectivity index (χ1n) is 6.49. The number of rotatable bonds is 6. The highest BCUT2D eigenvalue weighted by atomic mass is 32.2. The second-order valence-corrected chi connectivity index (χ2v) is 7.16. The number of thiazole rings is 1. The highest BCUT2D eigenvalue weighted by Gasteiger charge is 2.20. The van der Waals surface area contributed by atoms with E-state index in [4.69, 9.17) is 0 Å². The fourth-order valence-corrected chi connectivity index (χ4v) is 3.81. The lowest BCUT2D eigenvalue weighted by Gasteiger charge is -2.12. The van der Waals surface area contributed by atoms with Crippen molar-refractivity contribution < 1.29 is 13.2 Å². The Bertz CT molecular complexity index is 724. The summed E-state index contributed by atoms with van der Waals surface area (Å²) in [6, 6.07) is 5.66. The zero-order valence-electron chi connectivity index (χ0n) is 11.7. The van der Waals surface area contributed by atoms with Gasteiger partial charge in [0, 0.05) is 23.6 Å². The molecule has 1 aromatic heterocycles. The average molecular weight is 324 g/mol. The van der Waals surface area contributed by atoms with Crippen molar-refractivity contribution in [3.8, 4) is 0 Å². The molecule has 21 heavy (non-hydrogen) atoms. The first kappa shape index (κ1) is 15.8. The van der Waals surface area contributed by atoms with Crippen LogP contribution in [0.1, 0.15) is 41.7 Å². The Kier molecular flexibility index (Phi) is 4.87. The van der Waals surface area contributed by atoms with Gasteiger partial charge in [0.2, 0.25) is 10.0 Å². The van der Waals surface area contributed by atoms with Gasteiger partial charge in [0.25, 0.3) is 0 Å². The van der Waals surface area contributed by atoms with Crippen molar-refractivity contribution in [3.63, 3.8) is 0 Å². The van der Waals surface area contributed by atoms with E-state index in [1.54, 1.807) is 37.6 Å². The van der Waals surface area contributed by atoms with E-state index in [-0.39, 0.29) is 10.7 Å². The van der Waals surface area contributed by atoms with E-state index in [0.29, 0.717) is 17.0 Å². The standard InChI is InChI=1S/C14H16N2O3S2/c1-3-13(17)11-5-4-6-12(9-11)21(18,19)16-10(2)14-15-7-8-20-14/h4-10,16H,3H2,1-2H3. The molecule has 0 bridgehead atoms. The number of nitrogens with zero attached hydrogens (tertiary/aromatic N) is 1. The van der Waals surface area contributed by atoms with Gasteiger partial charge in [-0.3, -0.25) is 4.79 Å². The minimum atomic E-state index is -3.69. The molecule has 2 aromatic rings. The molecule has 1 aromatic carbocycles. The number of aromatic nitrogens is 1. The molecule has 1 unspecified atom stereocenters. The molecule has 0 aliphatic carbocycles. The minimum absolute atomic E-state index is 0.0833. The number of benzene rings is 1. The van der Waals surface area contributed by atoms with Crippen molar-refractivity contribution in [2.75, 3.05) is 0 Å². The third-order valence-corrected chi connectivity index (χ3v) is 5.44. The summed E-state index contributed by atoms with van der Waals surface area (Å²) in [5.41, 5.74) is 0.405. The van der Waals surface area contributed by atoms with E-state index in [2.05, 4.69) is 9.71 Å². The van der Waals surface area contributed by atoms with Crippen LogP contribution in [0.5, 0.6) is 0 Å². The quantitative estimate of drug-likeness (QED) is 0.829. The highest BCUT2D eigenvalue weighted by molar-refractivity contribution is 7.89. The summed E-state index contributed by atoms with van der Waals surface area (Å²) in [6.45, 7) is 3.48. The number of ketones is 1. The van der Waals surface area contributed by atoms with Gasteiger partial charge in [-0.05, 0) is 19.1 Å². The third kappa shape index (κ3) is 3.75. The Balaban J connectivity index is 2.25. The molecular formula is C14H16N2O3S2. The second kappa shape index (κ2) is 6.46. The number of hydrogen-bond acceptors (Lipinski definition) is 5. The lowest BCUT2D eigenvalue weighted by molar-refractivity contribution is 0.0988. The summed E-state index contributed by atoms with van der Waals surface area (Å²) in [6.07, 6.45) is 1.97. The Morgan fingerprint density at radius 3 is 2.81 bits per heavy atom. The Labute approximate surface area is 128 Å². The van der Waals surface area contributed by atoms with Crippen molar-refractivity contribution in [1.82, 2.24) is 9.71 Å². The molecule has 0 aliphatic heterocycles. The van der Waals surface area contributed by atoms with Crippen LogP contribution < -0.4 is 4.72 Å². The predicted octanol–water partition coefficient (Wildman–Crippen LogP) is 2.78. The lowest BCUT2D eigenvalue weighted by atomic mass is 10.1. The largest absolute Gasteiger partial charge is 0.294 e. The van der Waals surface area contributed by atoms with E-state index in [9.17, 15) is 13.2 Å². The Morgan fingerprint density at radius 1 is 1.43 bits per heavy atom. The summed E-state index contributed by atoms with van der Waals surface area (Å²) in [5.74, 6) is -0.0833. The smallest absolute Gasteiger partial charge is 0.241 e. The van der Waals surface area contributed by atoms with Crippen LogP contribution in [-0.2, 0) is 10.0 Å². The molecule has 1 heterocycles. The molecule has 0 spiro atoms. The van der Waals surface area contributed by atoms with Crippen LogP contribution in [0.3, 0.4) is 0 Å². The van der Waals surface area contributed by atoms with Crippen molar-refractivity contribution >= 4 is 27.1 Å². The van der Waals surface area contributed by atoms with Crippen LogP contribution in [-0.4, -0.2) is 19.2 Å². The third-order valence-electron chi connectivity index (χ3n) is 2.94. The maximum absolute atomic E-state index is 12.4. The number of nitrogens with one attached hydrogen (secondary N) is 1. The number of Topliss-reactive ketones (excluding diaryl/α,β-unsaturated/α-hetero) is 1. The summed E-state index contributed by atoms with van der Waals surface area (Å²) >= 11 is 1.39. The van der Waals surface area contributed by atoms with Crippen LogP contribution in [0.15, 0.2) is 40.7 Å². The Morgan fingerprint density at radius 2 is 2.19 bits per heavy atom. The van der Waals surface area contributed by atoms with Gasteiger partial charge in [0.05, 0.1) is 10.9 Å². The number of carbonyl (C=O) groups excluding carboxylic acids is 1. The molecule has 5 nitrogen and oxygen atoms in total. The zero-order valence-corrected chi connectivity index (χ0v) is 13.4. The average Bonchev–Trinajstić information content (AvgIpc) is 3.00. The summed E-state index contributed by atoms with van der Waals surface area (Å²) in [4.78, 5) is 15.9. The van der Waals surface area contributed by atoms with Gasteiger partial charge < -0.3 is 0 Å². The van der Waals surface area contributed by atoms with Gasteiger partial charge in [-0.2, -0.15) is 0 Å². The molecule has 2 rings (SSSR count). The molecule has 0 radical (unpaired) electrons. The van der Waals surface area contributed by atoms with Crippen LogP contribution in [0.4, 0.5) is 0 Å². The van der Waals surface area contributed by atoms with Gasteiger partial charge >= 0.3 is 0 Å². The first-order chi connectivity index (χ1) is 9.94. The molecule has 7 heteroatoms. The van der Waals surface area contributed by atoms with Gasteiger partial charge in [-0.1, -0.05) is 19.1 Å². The van der Waals surface area contributed by atoms with E-state index in [1.165, 1.54) is 23.5 Å². The van der Waals surface area contributed by atoms with E-state index < -0.39 is 16.1 Å². The van der Waals surface area contributed by atoms with Crippen molar-refractivity contribution in [2.24, 2.45) is 0 Å². The maximum atomic E-state index is 12.4. The van der Waals surface area contributed by atoms with Crippen LogP contribution in [0, 0.1) is 0 Å². The molecule has 112 valence electrons. The normalized spacial score (nSPS) is 13.0. The molecule has 0 aliphatic rings. The van der Waals surface area contributed by atoms with Crippen molar-refractivity contribution in [2.45, 2.75) is 31.2 Å².